The number of nitrogens with zero attached hydrogens (tertiary/aromatic N) is 4. The lowest BCUT2D eigenvalue weighted by atomic mass is 10.0. The van der Waals surface area contributed by atoms with Gasteiger partial charge in [-0.05, 0) is 44.9 Å². The number of hydrogen-bond acceptors (Lipinski definition) is 6. The Bertz CT molecular complexity index is 1050. The van der Waals surface area contributed by atoms with Crippen LogP contribution in [0.4, 0.5) is 5.69 Å². The quantitative estimate of drug-likeness (QED) is 0.719. The topological polar surface area (TPSA) is 80.2 Å². The van der Waals surface area contributed by atoms with E-state index in [4.69, 9.17) is 4.74 Å². The van der Waals surface area contributed by atoms with Gasteiger partial charge in [0.2, 0.25) is 5.91 Å². The number of aromatic nitrogens is 3. The van der Waals surface area contributed by atoms with E-state index in [9.17, 15) is 4.79 Å². The molecule has 1 aliphatic heterocycles. The van der Waals surface area contributed by atoms with E-state index >= 15 is 0 Å². The number of para-hydroxylation sites is 1. The van der Waals surface area contributed by atoms with Gasteiger partial charge in [0.25, 0.3) is 0 Å². The van der Waals surface area contributed by atoms with E-state index < -0.39 is 0 Å². The van der Waals surface area contributed by atoms with Gasteiger partial charge in [0, 0.05) is 29.5 Å². The van der Waals surface area contributed by atoms with Gasteiger partial charge in [0.1, 0.15) is 23.1 Å². The highest BCUT2D eigenvalue weighted by Gasteiger charge is 2.29. The fraction of sp³-hybridized carbons (Fsp3) is 0.364. The van der Waals surface area contributed by atoms with Crippen LogP contribution in [0.25, 0.3) is 10.9 Å². The summed E-state index contributed by atoms with van der Waals surface area (Å²) in [6.07, 6.45) is 3.48. The van der Waals surface area contributed by atoms with Gasteiger partial charge in [-0.2, -0.15) is 0 Å². The summed E-state index contributed by atoms with van der Waals surface area (Å²) in [6, 6.07) is 9.42. The zero-order valence-electron chi connectivity index (χ0n) is 17.0. The summed E-state index contributed by atoms with van der Waals surface area (Å²) in [5.41, 5.74) is 3.45. The van der Waals surface area contributed by atoms with Crippen LogP contribution in [0, 0.1) is 13.8 Å². The van der Waals surface area contributed by atoms with Gasteiger partial charge in [-0.15, -0.1) is 0 Å². The van der Waals surface area contributed by atoms with E-state index in [0.29, 0.717) is 12.4 Å². The van der Waals surface area contributed by atoms with Gasteiger partial charge in [0.15, 0.2) is 0 Å². The number of piperidine rings is 1. The van der Waals surface area contributed by atoms with E-state index in [-0.39, 0.29) is 11.9 Å². The molecule has 3 heterocycles. The predicted octanol–water partition coefficient (Wildman–Crippen LogP) is 3.25. The first kappa shape index (κ1) is 19.1. The van der Waals surface area contributed by atoms with Crippen molar-refractivity contribution in [2.75, 3.05) is 19.0 Å². The molecule has 29 heavy (non-hydrogen) atoms. The Labute approximate surface area is 170 Å². The van der Waals surface area contributed by atoms with E-state index in [2.05, 4.69) is 20.3 Å². The lowest BCUT2D eigenvalue weighted by molar-refractivity contribution is -0.134. The maximum atomic E-state index is 13.1. The molecule has 1 fully saturated rings. The zero-order chi connectivity index (χ0) is 20.4. The van der Waals surface area contributed by atoms with Crippen LogP contribution in [0.5, 0.6) is 5.75 Å². The van der Waals surface area contributed by atoms with Crippen LogP contribution in [0.2, 0.25) is 0 Å². The number of carbonyl (C=O) groups is 1. The number of carbonyl (C=O) groups excluding carboxylic acids is 1. The van der Waals surface area contributed by atoms with E-state index in [1.165, 1.54) is 0 Å². The van der Waals surface area contributed by atoms with Crippen LogP contribution in [-0.2, 0) is 11.3 Å². The molecule has 3 aromatic rings. The second kappa shape index (κ2) is 8.03. The Kier molecular flexibility index (Phi) is 5.29. The molecule has 150 valence electrons. The van der Waals surface area contributed by atoms with Crippen molar-refractivity contribution in [1.29, 1.82) is 0 Å². The fourth-order valence-electron chi connectivity index (χ4n) is 3.84. The molecule has 1 atom stereocenters. The van der Waals surface area contributed by atoms with Crippen LogP contribution in [0.1, 0.15) is 30.1 Å². The Hall–Kier alpha value is -3.22. The largest absolute Gasteiger partial charge is 0.494 e. The van der Waals surface area contributed by atoms with Gasteiger partial charge < -0.3 is 15.0 Å². The van der Waals surface area contributed by atoms with Crippen molar-refractivity contribution in [3.8, 4) is 5.75 Å². The van der Waals surface area contributed by atoms with Crippen molar-refractivity contribution in [2.45, 2.75) is 39.3 Å². The Balaban J connectivity index is 1.58. The number of amides is 1. The highest BCUT2D eigenvalue weighted by atomic mass is 16.5. The van der Waals surface area contributed by atoms with Crippen molar-refractivity contribution in [1.82, 2.24) is 19.9 Å². The number of aryl methyl sites for hydroxylation is 2. The minimum Gasteiger partial charge on any atom is -0.494 e. The zero-order valence-corrected chi connectivity index (χ0v) is 17.0. The summed E-state index contributed by atoms with van der Waals surface area (Å²) in [5.74, 6) is 1.54. The number of methoxy groups -OCH3 is 1. The summed E-state index contributed by atoms with van der Waals surface area (Å²) >= 11 is 0. The minimum absolute atomic E-state index is 0.0954. The van der Waals surface area contributed by atoms with Crippen LogP contribution in [-0.4, -0.2) is 45.5 Å². The van der Waals surface area contributed by atoms with E-state index in [1.54, 1.807) is 13.3 Å². The molecule has 0 saturated carbocycles. The highest BCUT2D eigenvalue weighted by Crippen LogP contribution is 2.31. The summed E-state index contributed by atoms with van der Waals surface area (Å²) < 4.78 is 5.46. The van der Waals surface area contributed by atoms with Crippen molar-refractivity contribution < 1.29 is 9.53 Å². The molecule has 1 amide bonds. The second-order valence-electron chi connectivity index (χ2n) is 7.36. The van der Waals surface area contributed by atoms with Crippen LogP contribution in [0.15, 0.2) is 36.5 Å². The minimum atomic E-state index is -0.275. The van der Waals surface area contributed by atoms with Gasteiger partial charge in [-0.25, -0.2) is 15.0 Å². The smallest absolute Gasteiger partial charge is 0.245 e. The van der Waals surface area contributed by atoms with E-state index in [0.717, 1.165) is 53.1 Å². The molecule has 4 rings (SSSR count). The fourth-order valence-corrected chi connectivity index (χ4v) is 3.84. The van der Waals surface area contributed by atoms with Crippen LogP contribution in [0.3, 0.4) is 0 Å². The first-order valence-electron chi connectivity index (χ1n) is 9.83. The van der Waals surface area contributed by atoms with Crippen LogP contribution < -0.4 is 10.1 Å². The Morgan fingerprint density at radius 3 is 2.90 bits per heavy atom. The van der Waals surface area contributed by atoms with E-state index in [1.807, 2.05) is 49.1 Å². The number of ether oxygens (including phenoxy) is 1. The number of pyridine rings is 1. The van der Waals surface area contributed by atoms with Gasteiger partial charge in [-0.1, -0.05) is 12.1 Å². The molecule has 1 aliphatic rings. The molecule has 0 spiro atoms. The van der Waals surface area contributed by atoms with Crippen molar-refractivity contribution in [2.24, 2.45) is 0 Å². The molecule has 1 N–H and O–H groups in total. The maximum absolute atomic E-state index is 13.1. The summed E-state index contributed by atoms with van der Waals surface area (Å²) in [4.78, 5) is 28.2. The maximum Gasteiger partial charge on any atom is 0.245 e. The third-order valence-corrected chi connectivity index (χ3v) is 5.20. The average Bonchev–Trinajstić information content (AvgIpc) is 2.70. The molecule has 7 nitrogen and oxygen atoms in total. The Morgan fingerprint density at radius 2 is 2.10 bits per heavy atom. The monoisotopic (exact) mass is 391 g/mol. The molecule has 1 saturated heterocycles. The molecular weight excluding hydrogens is 366 g/mol. The third-order valence-electron chi connectivity index (χ3n) is 5.20. The number of likely N-dealkylation sites (tertiary alicyclic amines) is 1. The number of fused-ring (bicyclic) bond motifs is 1. The predicted molar refractivity (Wildman–Crippen MR) is 112 cm³/mol. The first-order chi connectivity index (χ1) is 14.0. The van der Waals surface area contributed by atoms with Gasteiger partial charge >= 0.3 is 0 Å². The third kappa shape index (κ3) is 3.99. The van der Waals surface area contributed by atoms with Gasteiger partial charge in [0.05, 0.1) is 19.3 Å². The standard InChI is InChI=1S/C22H25N5O2/c1-14-12-19(17-6-4-8-20(29-3)21(17)24-14)26-18-7-5-11-27(22(18)28)13-16-9-10-23-15(2)25-16/h4,6,8-10,12,18H,5,7,11,13H2,1-3H3,(H,24,26). The lowest BCUT2D eigenvalue weighted by Gasteiger charge is -2.33. The number of benzene rings is 1. The SMILES string of the molecule is COc1cccc2c(NC3CCCN(Cc4ccnc(C)n4)C3=O)cc(C)nc12. The lowest BCUT2D eigenvalue weighted by Crippen LogP contribution is -2.47. The van der Waals surface area contributed by atoms with Crippen LogP contribution >= 0.6 is 0 Å². The van der Waals surface area contributed by atoms with Crippen molar-refractivity contribution in [3.05, 3.63) is 53.7 Å². The number of rotatable bonds is 5. The molecule has 0 bridgehead atoms. The number of hydrogen-bond donors (Lipinski definition) is 1. The molecule has 0 aliphatic carbocycles. The highest BCUT2D eigenvalue weighted by molar-refractivity contribution is 5.97. The average molecular weight is 391 g/mol. The normalized spacial score (nSPS) is 16.9. The second-order valence-corrected chi connectivity index (χ2v) is 7.36. The molecule has 1 aromatic carbocycles. The molecular formula is C22H25N5O2. The summed E-state index contributed by atoms with van der Waals surface area (Å²) in [7, 11) is 1.64. The Morgan fingerprint density at radius 1 is 1.24 bits per heavy atom. The number of anilines is 1. The summed E-state index contributed by atoms with van der Waals surface area (Å²) in [6.45, 7) is 5.05. The molecule has 0 radical (unpaired) electrons. The number of nitrogens with one attached hydrogen (secondary N) is 1. The summed E-state index contributed by atoms with van der Waals surface area (Å²) in [5, 5.41) is 4.42. The first-order valence-corrected chi connectivity index (χ1v) is 9.83. The molecule has 2 aromatic heterocycles. The van der Waals surface area contributed by atoms with Crippen molar-refractivity contribution >= 4 is 22.5 Å². The van der Waals surface area contributed by atoms with Crippen molar-refractivity contribution in [3.63, 3.8) is 0 Å². The molecule has 1 unspecified atom stereocenters. The van der Waals surface area contributed by atoms with Gasteiger partial charge in [-0.3, -0.25) is 4.79 Å². The molecule has 7 heteroatoms.